The smallest absolute Gasteiger partial charge is 0.408 e. The molecule has 0 saturated heterocycles. The predicted octanol–water partition coefficient (Wildman–Crippen LogP) is 1.66. The number of hydrogen-bond donors (Lipinski definition) is 1. The fraction of sp³-hybridized carbons (Fsp3) is 0.455. The number of amides is 1. The van der Waals surface area contributed by atoms with Gasteiger partial charge < -0.3 is 10.1 Å². The van der Waals surface area contributed by atoms with E-state index in [1.165, 1.54) is 5.38 Å². The lowest BCUT2D eigenvalue weighted by Crippen LogP contribution is -2.35. The quantitative estimate of drug-likeness (QED) is 0.664. The SMILES string of the molecule is CC(C)(C)OC(=O)NCC(=O)c1csc(C=O)n1. The monoisotopic (exact) mass is 270 g/mol. The van der Waals surface area contributed by atoms with E-state index in [2.05, 4.69) is 10.3 Å². The summed E-state index contributed by atoms with van der Waals surface area (Å²) in [6.45, 7) is 4.97. The molecule has 1 amide bonds. The zero-order chi connectivity index (χ0) is 13.8. The topological polar surface area (TPSA) is 85.4 Å². The maximum atomic E-state index is 11.6. The molecule has 0 aliphatic rings. The van der Waals surface area contributed by atoms with Crippen molar-refractivity contribution in [3.63, 3.8) is 0 Å². The minimum atomic E-state index is -0.665. The van der Waals surface area contributed by atoms with Gasteiger partial charge in [0.1, 0.15) is 11.3 Å². The van der Waals surface area contributed by atoms with Gasteiger partial charge in [0.15, 0.2) is 11.3 Å². The molecule has 0 fully saturated rings. The fourth-order valence-electron chi connectivity index (χ4n) is 1.03. The summed E-state index contributed by atoms with van der Waals surface area (Å²) in [7, 11) is 0. The second kappa shape index (κ2) is 5.72. The minimum Gasteiger partial charge on any atom is -0.444 e. The summed E-state index contributed by atoms with van der Waals surface area (Å²) in [5, 5.41) is 4.04. The number of ketones is 1. The first-order chi connectivity index (χ1) is 8.31. The van der Waals surface area contributed by atoms with E-state index in [9.17, 15) is 14.4 Å². The molecule has 0 spiro atoms. The zero-order valence-electron chi connectivity index (χ0n) is 10.4. The van der Waals surface area contributed by atoms with Crippen LogP contribution in [0.15, 0.2) is 5.38 Å². The summed E-state index contributed by atoms with van der Waals surface area (Å²) in [4.78, 5) is 37.1. The third-order valence-corrected chi connectivity index (χ3v) is 2.47. The molecule has 1 heterocycles. The van der Waals surface area contributed by atoms with Crippen LogP contribution in [0, 0.1) is 0 Å². The average molecular weight is 270 g/mol. The van der Waals surface area contributed by atoms with Crippen LogP contribution in [0.3, 0.4) is 0 Å². The van der Waals surface area contributed by atoms with Gasteiger partial charge in [-0.1, -0.05) is 0 Å². The van der Waals surface area contributed by atoms with Crippen molar-refractivity contribution < 1.29 is 19.1 Å². The van der Waals surface area contributed by atoms with Crippen LogP contribution in [0.1, 0.15) is 41.1 Å². The number of nitrogens with zero attached hydrogens (tertiary/aromatic N) is 1. The Labute approximate surface area is 108 Å². The number of rotatable bonds is 4. The number of nitrogens with one attached hydrogen (secondary N) is 1. The van der Waals surface area contributed by atoms with Gasteiger partial charge in [-0.15, -0.1) is 11.3 Å². The summed E-state index contributed by atoms with van der Waals surface area (Å²) in [5.41, 5.74) is -0.448. The van der Waals surface area contributed by atoms with Crippen LogP contribution in [-0.4, -0.2) is 35.3 Å². The molecule has 1 aromatic heterocycles. The third kappa shape index (κ3) is 4.62. The average Bonchev–Trinajstić information content (AvgIpc) is 2.72. The molecule has 0 bridgehead atoms. The molecule has 6 nitrogen and oxygen atoms in total. The second-order valence-electron chi connectivity index (χ2n) is 4.47. The van der Waals surface area contributed by atoms with Gasteiger partial charge >= 0.3 is 6.09 Å². The van der Waals surface area contributed by atoms with Crippen LogP contribution < -0.4 is 5.32 Å². The normalized spacial score (nSPS) is 10.8. The van der Waals surface area contributed by atoms with Crippen molar-refractivity contribution in [2.75, 3.05) is 6.54 Å². The van der Waals surface area contributed by atoms with Crippen molar-refractivity contribution in [3.05, 3.63) is 16.1 Å². The van der Waals surface area contributed by atoms with E-state index in [1.807, 2.05) is 0 Å². The number of aromatic nitrogens is 1. The molecular weight excluding hydrogens is 256 g/mol. The number of alkyl carbamates (subject to hydrolysis) is 1. The Morgan fingerprint density at radius 3 is 2.67 bits per heavy atom. The van der Waals surface area contributed by atoms with Gasteiger partial charge in [-0.3, -0.25) is 9.59 Å². The number of aldehydes is 1. The maximum absolute atomic E-state index is 11.6. The van der Waals surface area contributed by atoms with E-state index in [0.29, 0.717) is 6.29 Å². The molecule has 0 atom stereocenters. The lowest BCUT2D eigenvalue weighted by Gasteiger charge is -2.19. The Morgan fingerprint density at radius 1 is 1.50 bits per heavy atom. The van der Waals surface area contributed by atoms with Crippen molar-refractivity contribution >= 4 is 29.5 Å². The van der Waals surface area contributed by atoms with Crippen LogP contribution in [0.5, 0.6) is 0 Å². The molecule has 7 heteroatoms. The molecule has 18 heavy (non-hydrogen) atoms. The van der Waals surface area contributed by atoms with Gasteiger partial charge in [0.2, 0.25) is 5.78 Å². The van der Waals surface area contributed by atoms with Gasteiger partial charge in [0, 0.05) is 5.38 Å². The molecule has 0 radical (unpaired) electrons. The molecule has 0 saturated carbocycles. The van der Waals surface area contributed by atoms with E-state index in [-0.39, 0.29) is 23.0 Å². The van der Waals surface area contributed by atoms with Crippen LogP contribution >= 0.6 is 11.3 Å². The number of thiazole rings is 1. The second-order valence-corrected chi connectivity index (χ2v) is 5.36. The molecule has 1 aromatic rings. The number of carbonyl (C=O) groups excluding carboxylic acids is 3. The molecule has 0 aliphatic heterocycles. The zero-order valence-corrected chi connectivity index (χ0v) is 11.2. The lowest BCUT2D eigenvalue weighted by atomic mass is 10.2. The highest BCUT2D eigenvalue weighted by molar-refractivity contribution is 7.11. The summed E-state index contributed by atoms with van der Waals surface area (Å²) in [6.07, 6.45) is -0.0929. The number of hydrogen-bond acceptors (Lipinski definition) is 6. The Kier molecular flexibility index (Phi) is 4.55. The highest BCUT2D eigenvalue weighted by atomic mass is 32.1. The van der Waals surface area contributed by atoms with E-state index < -0.39 is 11.7 Å². The van der Waals surface area contributed by atoms with Crippen molar-refractivity contribution in [1.82, 2.24) is 10.3 Å². The van der Waals surface area contributed by atoms with Crippen molar-refractivity contribution in [3.8, 4) is 0 Å². The largest absolute Gasteiger partial charge is 0.444 e. The van der Waals surface area contributed by atoms with E-state index in [4.69, 9.17) is 4.74 Å². The maximum Gasteiger partial charge on any atom is 0.408 e. The Balaban J connectivity index is 2.46. The molecule has 0 aromatic carbocycles. The van der Waals surface area contributed by atoms with Crippen LogP contribution in [0.4, 0.5) is 4.79 Å². The molecule has 0 unspecified atom stereocenters. The van der Waals surface area contributed by atoms with Gasteiger partial charge in [-0.2, -0.15) is 0 Å². The fourth-order valence-corrected chi connectivity index (χ4v) is 1.65. The van der Waals surface area contributed by atoms with Crippen LogP contribution in [0.2, 0.25) is 0 Å². The minimum absolute atomic E-state index is 0.165. The lowest BCUT2D eigenvalue weighted by molar-refractivity contribution is 0.0520. The number of ether oxygens (including phenoxy) is 1. The summed E-state index contributed by atoms with van der Waals surface area (Å²) >= 11 is 1.08. The van der Waals surface area contributed by atoms with E-state index in [1.54, 1.807) is 20.8 Å². The predicted molar refractivity (Wildman–Crippen MR) is 66.1 cm³/mol. The Bertz CT molecular complexity index is 462. The van der Waals surface area contributed by atoms with E-state index in [0.717, 1.165) is 11.3 Å². The van der Waals surface area contributed by atoms with Gasteiger partial charge in [0.05, 0.1) is 6.54 Å². The highest BCUT2D eigenvalue weighted by Gasteiger charge is 2.17. The first-order valence-corrected chi connectivity index (χ1v) is 6.10. The highest BCUT2D eigenvalue weighted by Crippen LogP contribution is 2.08. The number of Topliss-reactive ketones (excluding diaryl/α,β-unsaturated/α-hetero) is 1. The van der Waals surface area contributed by atoms with Crippen LogP contribution in [-0.2, 0) is 4.74 Å². The summed E-state index contributed by atoms with van der Waals surface area (Å²) < 4.78 is 4.97. The molecule has 1 rings (SSSR count). The van der Waals surface area contributed by atoms with Crippen molar-refractivity contribution in [2.24, 2.45) is 0 Å². The van der Waals surface area contributed by atoms with Crippen molar-refractivity contribution in [2.45, 2.75) is 26.4 Å². The molecular formula is C11H14N2O4S. The van der Waals surface area contributed by atoms with Crippen molar-refractivity contribution in [1.29, 1.82) is 0 Å². The van der Waals surface area contributed by atoms with Gasteiger partial charge in [-0.05, 0) is 20.8 Å². The molecule has 98 valence electrons. The molecule has 0 aliphatic carbocycles. The Morgan fingerprint density at radius 2 is 2.17 bits per heavy atom. The Hall–Kier alpha value is -1.76. The van der Waals surface area contributed by atoms with Gasteiger partial charge in [-0.25, -0.2) is 9.78 Å². The standard InChI is InChI=1S/C11H14N2O4S/c1-11(2,3)17-10(16)12-4-8(15)7-6-18-9(5-14)13-7/h5-6H,4H2,1-3H3,(H,12,16). The third-order valence-electron chi connectivity index (χ3n) is 1.70. The van der Waals surface area contributed by atoms with Crippen LogP contribution in [0.25, 0.3) is 0 Å². The first-order valence-electron chi connectivity index (χ1n) is 5.22. The summed E-state index contributed by atoms with van der Waals surface area (Å²) in [5.74, 6) is -0.370. The number of carbonyl (C=O) groups is 3. The first kappa shape index (κ1) is 14.3. The van der Waals surface area contributed by atoms with Gasteiger partial charge in [0.25, 0.3) is 0 Å². The summed E-state index contributed by atoms with van der Waals surface area (Å²) in [6, 6.07) is 0. The molecule has 1 N–H and O–H groups in total. The van der Waals surface area contributed by atoms with E-state index >= 15 is 0 Å².